The molecule has 6 nitrogen and oxygen atoms in total. The predicted molar refractivity (Wildman–Crippen MR) is 104 cm³/mol. The van der Waals surface area contributed by atoms with Gasteiger partial charge in [0.15, 0.2) is 0 Å². The number of aliphatic hydroxyl groups excluding tert-OH is 1. The molecule has 2 aromatic rings. The molecule has 2 aliphatic heterocycles. The fourth-order valence-corrected chi connectivity index (χ4v) is 4.45. The summed E-state index contributed by atoms with van der Waals surface area (Å²) in [6.07, 6.45) is 2.73. The van der Waals surface area contributed by atoms with Gasteiger partial charge in [0.1, 0.15) is 11.5 Å². The maximum Gasteiger partial charge on any atom is 0.137 e. The highest BCUT2D eigenvalue weighted by atomic mass is 16.5. The molecular formula is C21H29N3O3. The number of aryl methyl sites for hydroxylation is 1. The van der Waals surface area contributed by atoms with E-state index in [9.17, 15) is 5.11 Å². The number of anilines is 1. The third-order valence-corrected chi connectivity index (χ3v) is 5.97. The molecule has 4 rings (SSSR count). The summed E-state index contributed by atoms with van der Waals surface area (Å²) in [5.41, 5.74) is 2.13. The number of likely N-dealkylation sites (tertiary alicyclic amines) is 1. The van der Waals surface area contributed by atoms with Crippen molar-refractivity contribution in [2.45, 2.75) is 38.3 Å². The Hall–Kier alpha value is -2.05. The molecule has 27 heavy (non-hydrogen) atoms. The van der Waals surface area contributed by atoms with Crippen molar-refractivity contribution < 1.29 is 14.4 Å². The summed E-state index contributed by atoms with van der Waals surface area (Å²) in [5, 5.41) is 14.5. The lowest BCUT2D eigenvalue weighted by atomic mass is 10.00. The minimum absolute atomic E-state index is 0.230. The molecule has 2 aliphatic rings. The molecule has 0 saturated carbocycles. The number of methoxy groups -OCH3 is 1. The number of rotatable bonds is 5. The molecule has 6 heteroatoms. The van der Waals surface area contributed by atoms with Crippen molar-refractivity contribution in [3.63, 3.8) is 0 Å². The summed E-state index contributed by atoms with van der Waals surface area (Å²) in [4.78, 5) is 4.90. The zero-order valence-electron chi connectivity index (χ0n) is 16.2. The average molecular weight is 371 g/mol. The summed E-state index contributed by atoms with van der Waals surface area (Å²) in [5.74, 6) is 2.02. The Bertz CT molecular complexity index is 755. The van der Waals surface area contributed by atoms with Gasteiger partial charge in [-0.3, -0.25) is 4.90 Å². The molecule has 0 bridgehead atoms. The summed E-state index contributed by atoms with van der Waals surface area (Å²) < 4.78 is 10.7. The SMILES string of the molecule is COc1cccc(N2CCC(N3CC(O)C(Cc4cc(C)no4)C3)CC2)c1. The van der Waals surface area contributed by atoms with Crippen LogP contribution in [0.3, 0.4) is 0 Å². The predicted octanol–water partition coefficient (Wildman–Crippen LogP) is 2.50. The van der Waals surface area contributed by atoms with Crippen LogP contribution in [-0.2, 0) is 6.42 Å². The number of aromatic nitrogens is 1. The zero-order chi connectivity index (χ0) is 18.8. The van der Waals surface area contributed by atoms with Crippen molar-refractivity contribution in [2.75, 3.05) is 38.2 Å². The number of aliphatic hydroxyl groups is 1. The summed E-state index contributed by atoms with van der Waals surface area (Å²) in [6, 6.07) is 10.8. The minimum atomic E-state index is -0.285. The smallest absolute Gasteiger partial charge is 0.137 e. The van der Waals surface area contributed by atoms with Gasteiger partial charge in [0.05, 0.1) is 18.9 Å². The maximum atomic E-state index is 10.5. The Morgan fingerprint density at radius 3 is 2.74 bits per heavy atom. The first-order valence-corrected chi connectivity index (χ1v) is 9.85. The molecule has 1 aromatic carbocycles. The first-order valence-electron chi connectivity index (χ1n) is 9.85. The van der Waals surface area contributed by atoms with Crippen LogP contribution in [-0.4, -0.2) is 60.6 Å². The fourth-order valence-electron chi connectivity index (χ4n) is 4.45. The van der Waals surface area contributed by atoms with Gasteiger partial charge in [0.25, 0.3) is 0 Å². The number of nitrogens with zero attached hydrogens (tertiary/aromatic N) is 3. The van der Waals surface area contributed by atoms with Gasteiger partial charge in [-0.15, -0.1) is 0 Å². The van der Waals surface area contributed by atoms with Crippen LogP contribution in [0.1, 0.15) is 24.3 Å². The van der Waals surface area contributed by atoms with E-state index in [-0.39, 0.29) is 12.0 Å². The number of piperidine rings is 1. The van der Waals surface area contributed by atoms with E-state index < -0.39 is 0 Å². The molecule has 0 spiro atoms. The van der Waals surface area contributed by atoms with Crippen molar-refractivity contribution in [1.29, 1.82) is 0 Å². The van der Waals surface area contributed by atoms with Crippen molar-refractivity contribution >= 4 is 5.69 Å². The lowest BCUT2D eigenvalue weighted by Crippen LogP contribution is -2.44. The molecule has 0 amide bonds. The highest BCUT2D eigenvalue weighted by Gasteiger charge is 2.36. The van der Waals surface area contributed by atoms with Crippen LogP contribution in [0.4, 0.5) is 5.69 Å². The summed E-state index contributed by atoms with van der Waals surface area (Å²) in [6.45, 7) is 5.71. The Balaban J connectivity index is 1.32. The van der Waals surface area contributed by atoms with E-state index in [1.165, 1.54) is 5.69 Å². The Morgan fingerprint density at radius 2 is 2.04 bits per heavy atom. The molecule has 3 heterocycles. The minimum Gasteiger partial charge on any atom is -0.497 e. The van der Waals surface area contributed by atoms with Crippen molar-refractivity contribution in [1.82, 2.24) is 10.1 Å². The van der Waals surface area contributed by atoms with E-state index in [0.29, 0.717) is 6.04 Å². The largest absolute Gasteiger partial charge is 0.497 e. The van der Waals surface area contributed by atoms with E-state index in [2.05, 4.69) is 27.1 Å². The molecule has 1 aromatic heterocycles. The van der Waals surface area contributed by atoms with Gasteiger partial charge >= 0.3 is 0 Å². The number of hydrogen-bond donors (Lipinski definition) is 1. The number of hydrogen-bond acceptors (Lipinski definition) is 6. The molecule has 146 valence electrons. The van der Waals surface area contributed by atoms with Crippen LogP contribution >= 0.6 is 0 Å². The Kier molecular flexibility index (Phi) is 5.36. The first-order chi connectivity index (χ1) is 13.1. The van der Waals surface area contributed by atoms with Gasteiger partial charge in [0, 0.05) is 62.4 Å². The Labute approximate surface area is 160 Å². The second-order valence-electron chi connectivity index (χ2n) is 7.84. The first kappa shape index (κ1) is 18.3. The molecule has 0 aliphatic carbocycles. The van der Waals surface area contributed by atoms with Crippen LogP contribution in [0.25, 0.3) is 0 Å². The number of ether oxygens (including phenoxy) is 1. The van der Waals surface area contributed by atoms with Crippen LogP contribution < -0.4 is 9.64 Å². The topological polar surface area (TPSA) is 62.0 Å². The van der Waals surface area contributed by atoms with E-state index in [1.54, 1.807) is 7.11 Å². The summed E-state index contributed by atoms with van der Waals surface area (Å²) in [7, 11) is 1.71. The lowest BCUT2D eigenvalue weighted by molar-refractivity contribution is 0.129. The molecule has 0 radical (unpaired) electrons. The van der Waals surface area contributed by atoms with E-state index in [4.69, 9.17) is 9.26 Å². The molecule has 2 saturated heterocycles. The van der Waals surface area contributed by atoms with Crippen molar-refractivity contribution in [2.24, 2.45) is 5.92 Å². The second kappa shape index (κ2) is 7.90. The van der Waals surface area contributed by atoms with Gasteiger partial charge in [0.2, 0.25) is 0 Å². The normalized spacial score (nSPS) is 24.5. The zero-order valence-corrected chi connectivity index (χ0v) is 16.2. The lowest BCUT2D eigenvalue weighted by Gasteiger charge is -2.38. The molecule has 2 fully saturated rings. The third-order valence-electron chi connectivity index (χ3n) is 5.97. The molecule has 2 atom stereocenters. The average Bonchev–Trinajstić information content (AvgIpc) is 3.27. The molecule has 1 N–H and O–H groups in total. The van der Waals surface area contributed by atoms with Crippen molar-refractivity contribution in [3.8, 4) is 5.75 Å². The Morgan fingerprint density at radius 1 is 1.22 bits per heavy atom. The second-order valence-corrected chi connectivity index (χ2v) is 7.84. The highest BCUT2D eigenvalue weighted by Crippen LogP contribution is 2.29. The maximum absolute atomic E-state index is 10.5. The van der Waals surface area contributed by atoms with Gasteiger partial charge < -0.3 is 19.3 Å². The fraction of sp³-hybridized carbons (Fsp3) is 0.571. The van der Waals surface area contributed by atoms with E-state index in [1.807, 2.05) is 25.1 Å². The van der Waals surface area contributed by atoms with Gasteiger partial charge in [-0.05, 0) is 31.9 Å². The van der Waals surface area contributed by atoms with Gasteiger partial charge in [-0.25, -0.2) is 0 Å². The van der Waals surface area contributed by atoms with Gasteiger partial charge in [-0.2, -0.15) is 0 Å². The monoisotopic (exact) mass is 371 g/mol. The third kappa shape index (κ3) is 4.12. The standard InChI is InChI=1S/C21H29N3O3/c1-15-10-20(27-22-15)11-16-13-24(14-21(16)25)17-6-8-23(9-7-17)18-4-3-5-19(12-18)26-2/h3-5,10,12,16-17,21,25H,6-9,11,13-14H2,1-2H3. The number of β-amino-alcohol motifs (C(OH)–C–C–N with tert-alkyl or cyclic N) is 1. The van der Waals surface area contributed by atoms with E-state index in [0.717, 1.165) is 62.6 Å². The van der Waals surface area contributed by atoms with Crippen LogP contribution in [0, 0.1) is 12.8 Å². The van der Waals surface area contributed by atoms with E-state index >= 15 is 0 Å². The summed E-state index contributed by atoms with van der Waals surface area (Å²) >= 11 is 0. The highest BCUT2D eigenvalue weighted by molar-refractivity contribution is 5.51. The molecular weight excluding hydrogens is 342 g/mol. The quantitative estimate of drug-likeness (QED) is 0.871. The van der Waals surface area contributed by atoms with Crippen LogP contribution in [0.15, 0.2) is 34.9 Å². The van der Waals surface area contributed by atoms with Crippen LogP contribution in [0.5, 0.6) is 5.75 Å². The molecule has 2 unspecified atom stereocenters. The van der Waals surface area contributed by atoms with Crippen molar-refractivity contribution in [3.05, 3.63) is 41.8 Å². The van der Waals surface area contributed by atoms with Gasteiger partial charge in [-0.1, -0.05) is 11.2 Å². The van der Waals surface area contributed by atoms with Crippen LogP contribution in [0.2, 0.25) is 0 Å². The number of benzene rings is 1.